The van der Waals surface area contributed by atoms with E-state index in [1.807, 2.05) is 30.3 Å². The van der Waals surface area contributed by atoms with Crippen LogP contribution < -0.4 is 11.1 Å². The lowest BCUT2D eigenvalue weighted by molar-refractivity contribution is 0.474. The zero-order valence-corrected chi connectivity index (χ0v) is 10.9. The van der Waals surface area contributed by atoms with Crippen LogP contribution in [-0.4, -0.2) is 18.2 Å². The zero-order chi connectivity index (χ0) is 13.5. The summed E-state index contributed by atoms with van der Waals surface area (Å²) in [6, 6.07) is 17.8. The van der Waals surface area contributed by atoms with Gasteiger partial charge in [0.05, 0.1) is 6.04 Å². The van der Waals surface area contributed by atoms with Gasteiger partial charge in [-0.1, -0.05) is 42.5 Å². The number of phenols is 1. The van der Waals surface area contributed by atoms with Crippen LogP contribution >= 0.6 is 0 Å². The Morgan fingerprint density at radius 3 is 2.21 bits per heavy atom. The Morgan fingerprint density at radius 1 is 0.947 bits per heavy atom. The minimum atomic E-state index is 0.133. The van der Waals surface area contributed by atoms with Crippen molar-refractivity contribution < 1.29 is 5.11 Å². The summed E-state index contributed by atoms with van der Waals surface area (Å²) in [4.78, 5) is 0. The van der Waals surface area contributed by atoms with Crippen LogP contribution in [0.4, 0.5) is 0 Å². The number of hydrogen-bond donors (Lipinski definition) is 3. The molecule has 0 amide bonds. The molecule has 0 aliphatic carbocycles. The average Bonchev–Trinajstić information content (AvgIpc) is 2.46. The Labute approximate surface area is 114 Å². The molecule has 3 heteroatoms. The second kappa shape index (κ2) is 6.92. The van der Waals surface area contributed by atoms with Crippen LogP contribution in [0.2, 0.25) is 0 Å². The van der Waals surface area contributed by atoms with Gasteiger partial charge in [0.1, 0.15) is 5.75 Å². The normalized spacial score (nSPS) is 12.3. The second-order valence-corrected chi connectivity index (χ2v) is 4.53. The van der Waals surface area contributed by atoms with Gasteiger partial charge in [0.25, 0.3) is 0 Å². The highest BCUT2D eigenvalue weighted by molar-refractivity contribution is 5.34. The van der Waals surface area contributed by atoms with E-state index < -0.39 is 0 Å². The molecule has 19 heavy (non-hydrogen) atoms. The topological polar surface area (TPSA) is 58.3 Å². The van der Waals surface area contributed by atoms with Crippen molar-refractivity contribution in [1.82, 2.24) is 5.32 Å². The fraction of sp³-hybridized carbons (Fsp3) is 0.250. The first-order valence-electron chi connectivity index (χ1n) is 6.58. The molecule has 0 aliphatic heterocycles. The Kier molecular flexibility index (Phi) is 4.95. The summed E-state index contributed by atoms with van der Waals surface area (Å²) in [6.07, 6.45) is 0.946. The summed E-state index contributed by atoms with van der Waals surface area (Å²) >= 11 is 0. The first kappa shape index (κ1) is 13.6. The van der Waals surface area contributed by atoms with Gasteiger partial charge in [0, 0.05) is 0 Å². The molecule has 1 unspecified atom stereocenters. The van der Waals surface area contributed by atoms with E-state index in [0.717, 1.165) is 18.5 Å². The van der Waals surface area contributed by atoms with Gasteiger partial charge in [-0.2, -0.15) is 0 Å². The molecule has 0 radical (unpaired) electrons. The minimum absolute atomic E-state index is 0.133. The van der Waals surface area contributed by atoms with Crippen molar-refractivity contribution in [3.63, 3.8) is 0 Å². The van der Waals surface area contributed by atoms with E-state index in [4.69, 9.17) is 5.73 Å². The van der Waals surface area contributed by atoms with E-state index in [1.165, 1.54) is 5.56 Å². The van der Waals surface area contributed by atoms with E-state index in [1.54, 1.807) is 12.1 Å². The van der Waals surface area contributed by atoms with Crippen molar-refractivity contribution in [2.24, 2.45) is 5.73 Å². The summed E-state index contributed by atoms with van der Waals surface area (Å²) < 4.78 is 0. The lowest BCUT2D eigenvalue weighted by atomic mass is 9.98. The molecule has 0 aromatic heterocycles. The van der Waals surface area contributed by atoms with Gasteiger partial charge in [-0.05, 0) is 42.8 Å². The molecule has 0 saturated carbocycles. The van der Waals surface area contributed by atoms with Crippen molar-refractivity contribution in [3.8, 4) is 5.75 Å². The summed E-state index contributed by atoms with van der Waals surface area (Å²) in [5.74, 6) is 0.289. The maximum atomic E-state index is 9.39. The van der Waals surface area contributed by atoms with E-state index in [0.29, 0.717) is 6.54 Å². The molecule has 0 aliphatic rings. The van der Waals surface area contributed by atoms with Gasteiger partial charge in [-0.3, -0.25) is 0 Å². The zero-order valence-electron chi connectivity index (χ0n) is 10.9. The first-order chi connectivity index (χ1) is 9.31. The second-order valence-electron chi connectivity index (χ2n) is 4.53. The molecule has 0 fully saturated rings. The highest BCUT2D eigenvalue weighted by Gasteiger charge is 2.12. The number of nitrogens with two attached hydrogens (primary N) is 1. The molecule has 4 N–H and O–H groups in total. The van der Waals surface area contributed by atoms with Gasteiger partial charge in [-0.25, -0.2) is 0 Å². The Hall–Kier alpha value is -1.84. The molecular weight excluding hydrogens is 236 g/mol. The highest BCUT2D eigenvalue weighted by Crippen LogP contribution is 2.23. The molecular formula is C16H20N2O. The van der Waals surface area contributed by atoms with Crippen LogP contribution in [-0.2, 0) is 0 Å². The third-order valence-electron chi connectivity index (χ3n) is 3.09. The SMILES string of the molecule is NCCCNC(c1ccccc1)c1ccc(O)cc1. The molecule has 0 bridgehead atoms. The largest absolute Gasteiger partial charge is 0.508 e. The van der Waals surface area contributed by atoms with Crippen molar-refractivity contribution >= 4 is 0 Å². The molecule has 2 rings (SSSR count). The van der Waals surface area contributed by atoms with Crippen molar-refractivity contribution in [1.29, 1.82) is 0 Å². The van der Waals surface area contributed by atoms with Gasteiger partial charge in [-0.15, -0.1) is 0 Å². The highest BCUT2D eigenvalue weighted by atomic mass is 16.3. The lowest BCUT2D eigenvalue weighted by Crippen LogP contribution is -2.25. The van der Waals surface area contributed by atoms with Crippen molar-refractivity contribution in [2.45, 2.75) is 12.5 Å². The number of aromatic hydroxyl groups is 1. The van der Waals surface area contributed by atoms with Crippen LogP contribution in [0.15, 0.2) is 54.6 Å². The van der Waals surface area contributed by atoms with Crippen LogP contribution in [0.3, 0.4) is 0 Å². The number of hydrogen-bond acceptors (Lipinski definition) is 3. The van der Waals surface area contributed by atoms with Crippen LogP contribution in [0.25, 0.3) is 0 Å². The molecule has 0 spiro atoms. The molecule has 0 saturated heterocycles. The van der Waals surface area contributed by atoms with Gasteiger partial charge >= 0.3 is 0 Å². The first-order valence-corrected chi connectivity index (χ1v) is 6.58. The predicted molar refractivity (Wildman–Crippen MR) is 78.1 cm³/mol. The van der Waals surface area contributed by atoms with E-state index in [9.17, 15) is 5.11 Å². The van der Waals surface area contributed by atoms with Gasteiger partial charge < -0.3 is 16.2 Å². The fourth-order valence-electron chi connectivity index (χ4n) is 2.09. The summed E-state index contributed by atoms with van der Waals surface area (Å²) in [7, 11) is 0. The predicted octanol–water partition coefficient (Wildman–Crippen LogP) is 2.42. The number of benzene rings is 2. The third kappa shape index (κ3) is 3.81. The Balaban J connectivity index is 2.21. The Bertz CT molecular complexity index is 482. The van der Waals surface area contributed by atoms with Crippen molar-refractivity contribution in [3.05, 3.63) is 65.7 Å². The number of phenolic OH excluding ortho intramolecular Hbond substituents is 1. The third-order valence-corrected chi connectivity index (χ3v) is 3.09. The molecule has 3 nitrogen and oxygen atoms in total. The fourth-order valence-corrected chi connectivity index (χ4v) is 2.09. The monoisotopic (exact) mass is 256 g/mol. The van der Waals surface area contributed by atoms with Gasteiger partial charge in [0.2, 0.25) is 0 Å². The number of rotatable bonds is 6. The van der Waals surface area contributed by atoms with Crippen molar-refractivity contribution in [2.75, 3.05) is 13.1 Å². The van der Waals surface area contributed by atoms with Gasteiger partial charge in [0.15, 0.2) is 0 Å². The molecule has 2 aromatic rings. The minimum Gasteiger partial charge on any atom is -0.508 e. The van der Waals surface area contributed by atoms with E-state index in [-0.39, 0.29) is 11.8 Å². The lowest BCUT2D eigenvalue weighted by Gasteiger charge is -2.20. The smallest absolute Gasteiger partial charge is 0.115 e. The average molecular weight is 256 g/mol. The maximum Gasteiger partial charge on any atom is 0.115 e. The van der Waals surface area contributed by atoms with Crippen LogP contribution in [0.1, 0.15) is 23.6 Å². The summed E-state index contributed by atoms with van der Waals surface area (Å²) in [5.41, 5.74) is 7.89. The summed E-state index contributed by atoms with van der Waals surface area (Å²) in [5, 5.41) is 12.9. The molecule has 1 atom stereocenters. The molecule has 2 aromatic carbocycles. The number of nitrogens with one attached hydrogen (secondary N) is 1. The Morgan fingerprint density at radius 2 is 1.58 bits per heavy atom. The van der Waals surface area contributed by atoms with E-state index >= 15 is 0 Å². The van der Waals surface area contributed by atoms with Crippen LogP contribution in [0.5, 0.6) is 5.75 Å². The molecule has 0 heterocycles. The van der Waals surface area contributed by atoms with E-state index in [2.05, 4.69) is 17.4 Å². The molecule has 100 valence electrons. The quantitative estimate of drug-likeness (QED) is 0.696. The van der Waals surface area contributed by atoms with Crippen LogP contribution in [0, 0.1) is 0 Å². The summed E-state index contributed by atoms with van der Waals surface area (Å²) in [6.45, 7) is 1.56. The maximum absolute atomic E-state index is 9.39. The standard InChI is InChI=1S/C16H20N2O/c17-11-4-12-18-16(13-5-2-1-3-6-13)14-7-9-15(19)10-8-14/h1-3,5-10,16,18-19H,4,11-12,17H2.